The molecule has 0 atom stereocenters. The molecule has 0 aliphatic carbocycles. The van der Waals surface area contributed by atoms with Crippen LogP contribution in [0, 0.1) is 11.3 Å². The van der Waals surface area contributed by atoms with Crippen LogP contribution in [0.25, 0.3) is 22.6 Å². The summed E-state index contributed by atoms with van der Waals surface area (Å²) in [7, 11) is 0. The van der Waals surface area contributed by atoms with Crippen LogP contribution in [0.5, 0.6) is 0 Å². The van der Waals surface area contributed by atoms with Crippen LogP contribution in [0.3, 0.4) is 0 Å². The van der Waals surface area contributed by atoms with Crippen molar-refractivity contribution in [2.45, 2.75) is 5.41 Å². The molecule has 20 heavy (non-hydrogen) atoms. The predicted molar refractivity (Wildman–Crippen MR) is 71.9 cm³/mol. The summed E-state index contributed by atoms with van der Waals surface area (Å²) in [6.45, 7) is 0.905. The van der Waals surface area contributed by atoms with Gasteiger partial charge in [0.1, 0.15) is 5.41 Å². The first-order valence-electron chi connectivity index (χ1n) is 6.34. The van der Waals surface area contributed by atoms with E-state index in [0.717, 1.165) is 16.6 Å². The van der Waals surface area contributed by atoms with Gasteiger partial charge < -0.3 is 14.1 Å². The number of nitriles is 1. The van der Waals surface area contributed by atoms with E-state index in [2.05, 4.69) is 16.0 Å². The number of rotatable bonds is 2. The summed E-state index contributed by atoms with van der Waals surface area (Å²) in [5.41, 5.74) is 2.21. The number of imidazole rings is 1. The monoisotopic (exact) mass is 265 g/mol. The van der Waals surface area contributed by atoms with E-state index in [1.165, 1.54) is 0 Å². The minimum atomic E-state index is -0.510. The zero-order valence-electron chi connectivity index (χ0n) is 10.6. The van der Waals surface area contributed by atoms with E-state index in [1.807, 2.05) is 30.3 Å². The van der Waals surface area contributed by atoms with E-state index in [-0.39, 0.29) is 0 Å². The van der Waals surface area contributed by atoms with Gasteiger partial charge >= 0.3 is 0 Å². The minimum Gasteiger partial charge on any atom is -0.461 e. The minimum absolute atomic E-state index is 0.453. The van der Waals surface area contributed by atoms with E-state index in [1.54, 1.807) is 6.26 Å². The topological polar surface area (TPSA) is 74.8 Å². The molecule has 1 aromatic carbocycles. The molecule has 0 saturated carbocycles. The van der Waals surface area contributed by atoms with Gasteiger partial charge in [-0.2, -0.15) is 5.26 Å². The number of aromatic amines is 1. The van der Waals surface area contributed by atoms with E-state index in [0.29, 0.717) is 24.8 Å². The summed E-state index contributed by atoms with van der Waals surface area (Å²) in [5.74, 6) is 1.39. The number of benzene rings is 1. The van der Waals surface area contributed by atoms with Crippen molar-refractivity contribution in [2.24, 2.45) is 0 Å². The molecule has 3 heterocycles. The highest BCUT2D eigenvalue weighted by Crippen LogP contribution is 2.33. The molecular formula is C15H11N3O2. The molecule has 98 valence electrons. The fraction of sp³-hybridized carbons (Fsp3) is 0.200. The first-order valence-corrected chi connectivity index (χ1v) is 6.34. The molecule has 2 aromatic heterocycles. The maximum atomic E-state index is 9.35. The first kappa shape index (κ1) is 11.3. The fourth-order valence-corrected chi connectivity index (χ4v) is 2.44. The first-order chi connectivity index (χ1) is 9.81. The zero-order chi connectivity index (χ0) is 13.6. The zero-order valence-corrected chi connectivity index (χ0v) is 10.6. The van der Waals surface area contributed by atoms with Crippen LogP contribution in [-0.4, -0.2) is 23.2 Å². The van der Waals surface area contributed by atoms with Gasteiger partial charge in [0.05, 0.1) is 36.6 Å². The van der Waals surface area contributed by atoms with Crippen LogP contribution in [0.15, 0.2) is 41.0 Å². The second-order valence-corrected chi connectivity index (χ2v) is 4.98. The third kappa shape index (κ3) is 1.49. The largest absolute Gasteiger partial charge is 0.461 e. The summed E-state index contributed by atoms with van der Waals surface area (Å²) in [6, 6.07) is 11.9. The Labute approximate surface area is 114 Å². The van der Waals surface area contributed by atoms with Crippen molar-refractivity contribution in [1.29, 1.82) is 5.26 Å². The molecule has 1 aliphatic heterocycles. The molecule has 0 amide bonds. The highest BCUT2D eigenvalue weighted by molar-refractivity contribution is 5.79. The Morgan fingerprint density at radius 2 is 2.20 bits per heavy atom. The summed E-state index contributed by atoms with van der Waals surface area (Å²) >= 11 is 0. The lowest BCUT2D eigenvalue weighted by molar-refractivity contribution is -0.0297. The highest BCUT2D eigenvalue weighted by atomic mass is 16.5. The number of ether oxygens (including phenoxy) is 1. The number of aromatic nitrogens is 2. The average Bonchev–Trinajstić information content (AvgIpc) is 3.06. The van der Waals surface area contributed by atoms with Gasteiger partial charge in [-0.25, -0.2) is 4.98 Å². The van der Waals surface area contributed by atoms with Gasteiger partial charge in [0.2, 0.25) is 0 Å². The van der Waals surface area contributed by atoms with Crippen molar-refractivity contribution >= 4 is 11.0 Å². The van der Waals surface area contributed by atoms with Crippen LogP contribution in [-0.2, 0) is 10.2 Å². The van der Waals surface area contributed by atoms with Gasteiger partial charge in [0.25, 0.3) is 0 Å². The molecule has 1 fully saturated rings. The van der Waals surface area contributed by atoms with E-state index in [4.69, 9.17) is 9.15 Å². The van der Waals surface area contributed by atoms with Gasteiger partial charge in [-0.1, -0.05) is 6.07 Å². The Balaban J connectivity index is 1.82. The Hall–Kier alpha value is -2.58. The number of hydrogen-bond acceptors (Lipinski definition) is 4. The van der Waals surface area contributed by atoms with Crippen molar-refractivity contribution in [1.82, 2.24) is 9.97 Å². The second-order valence-electron chi connectivity index (χ2n) is 4.98. The van der Waals surface area contributed by atoms with Crippen molar-refractivity contribution in [3.8, 4) is 17.7 Å². The maximum Gasteiger partial charge on any atom is 0.174 e. The lowest BCUT2D eigenvalue weighted by Gasteiger charge is -2.35. The van der Waals surface area contributed by atoms with Crippen molar-refractivity contribution in [3.63, 3.8) is 0 Å². The lowest BCUT2D eigenvalue weighted by Crippen LogP contribution is -2.45. The Morgan fingerprint density at radius 1 is 1.30 bits per heavy atom. The second kappa shape index (κ2) is 3.95. The summed E-state index contributed by atoms with van der Waals surface area (Å²) in [5, 5.41) is 9.35. The van der Waals surface area contributed by atoms with Crippen LogP contribution in [0.4, 0.5) is 0 Å². The smallest absolute Gasteiger partial charge is 0.174 e. The lowest BCUT2D eigenvalue weighted by atomic mass is 9.80. The number of fused-ring (bicyclic) bond motifs is 1. The molecule has 0 spiro atoms. The summed E-state index contributed by atoms with van der Waals surface area (Å²) in [4.78, 5) is 7.71. The van der Waals surface area contributed by atoms with Crippen molar-refractivity contribution in [2.75, 3.05) is 13.2 Å². The number of hydrogen-bond donors (Lipinski definition) is 1. The molecule has 1 N–H and O–H groups in total. The standard InChI is InChI=1S/C15H11N3O2/c16-7-15(8-19-9-15)10-3-4-11-12(6-10)18-14(17-11)13-2-1-5-20-13/h1-6H,8-9H2,(H,17,18). The van der Waals surface area contributed by atoms with Gasteiger partial charge in [0.15, 0.2) is 11.6 Å². The van der Waals surface area contributed by atoms with Gasteiger partial charge in [0, 0.05) is 0 Å². The fourth-order valence-electron chi connectivity index (χ4n) is 2.44. The predicted octanol–water partition coefficient (Wildman–Crippen LogP) is 2.61. The molecule has 0 radical (unpaired) electrons. The molecule has 1 aliphatic rings. The van der Waals surface area contributed by atoms with E-state index in [9.17, 15) is 5.26 Å². The van der Waals surface area contributed by atoms with Crippen LogP contribution >= 0.6 is 0 Å². The SMILES string of the molecule is N#CC1(c2ccc3nc(-c4ccco4)[nH]c3c2)COC1. The Bertz CT molecular complexity index is 807. The third-order valence-corrected chi connectivity index (χ3v) is 3.70. The van der Waals surface area contributed by atoms with Crippen LogP contribution in [0.2, 0.25) is 0 Å². The van der Waals surface area contributed by atoms with Crippen LogP contribution < -0.4 is 0 Å². The quantitative estimate of drug-likeness (QED) is 0.772. The molecule has 3 aromatic rings. The highest BCUT2D eigenvalue weighted by Gasteiger charge is 2.41. The Morgan fingerprint density at radius 3 is 2.85 bits per heavy atom. The number of furan rings is 1. The normalized spacial score (nSPS) is 16.8. The van der Waals surface area contributed by atoms with Gasteiger partial charge in [-0.15, -0.1) is 0 Å². The molecule has 5 nitrogen and oxygen atoms in total. The molecule has 4 rings (SSSR count). The molecular weight excluding hydrogens is 254 g/mol. The van der Waals surface area contributed by atoms with Gasteiger partial charge in [-0.05, 0) is 29.8 Å². The maximum absolute atomic E-state index is 9.35. The number of nitrogens with zero attached hydrogens (tertiary/aromatic N) is 2. The molecule has 0 unspecified atom stereocenters. The van der Waals surface area contributed by atoms with Crippen molar-refractivity contribution < 1.29 is 9.15 Å². The molecule has 0 bridgehead atoms. The van der Waals surface area contributed by atoms with Gasteiger partial charge in [-0.3, -0.25) is 0 Å². The van der Waals surface area contributed by atoms with E-state index >= 15 is 0 Å². The summed E-state index contributed by atoms with van der Waals surface area (Å²) < 4.78 is 10.5. The average molecular weight is 265 g/mol. The molecule has 1 saturated heterocycles. The van der Waals surface area contributed by atoms with Crippen molar-refractivity contribution in [3.05, 3.63) is 42.2 Å². The summed E-state index contributed by atoms with van der Waals surface area (Å²) in [6.07, 6.45) is 1.62. The van der Waals surface area contributed by atoms with E-state index < -0.39 is 5.41 Å². The number of nitrogens with one attached hydrogen (secondary N) is 1. The molecule has 5 heteroatoms. The van der Waals surface area contributed by atoms with Crippen LogP contribution in [0.1, 0.15) is 5.56 Å². The Kier molecular flexibility index (Phi) is 2.23. The number of H-pyrrole nitrogens is 1. The third-order valence-electron chi connectivity index (χ3n) is 3.70.